The number of anilines is 1. The van der Waals surface area contributed by atoms with Gasteiger partial charge in [-0.25, -0.2) is 4.79 Å². The molecule has 0 bridgehead atoms. The average molecular weight is 559 g/mol. The topological polar surface area (TPSA) is 134 Å². The van der Waals surface area contributed by atoms with Gasteiger partial charge in [-0.05, 0) is 82.2 Å². The molecule has 11 heteroatoms. The van der Waals surface area contributed by atoms with E-state index in [1.807, 2.05) is 6.20 Å². The van der Waals surface area contributed by atoms with Crippen molar-refractivity contribution in [2.45, 2.75) is 69.9 Å². The number of hydrogen-bond donors (Lipinski definition) is 2. The maximum Gasteiger partial charge on any atom is 0.407 e. The van der Waals surface area contributed by atoms with E-state index in [1.54, 1.807) is 0 Å². The maximum absolute atomic E-state index is 11.9. The van der Waals surface area contributed by atoms with Crippen molar-refractivity contribution in [3.8, 4) is 12.1 Å². The standard InChI is InChI=1S/C30H38N8O3/c1-19-8-9-25-24(16-32-35-25)27(19)20-5-3-7-23-26(15-20)33-29(41-18-22-6-4-12-36(22)2)34-28(23)37-13-14-38(30(39)40)21(17-37)10-11-31/h8-9,16,20-22H,3-7,10,12-15,17-18H2,1-2H3,(H,32,35)(H,39,40)/t20?,21-,22-/m0/s1. The van der Waals surface area contributed by atoms with Crippen LogP contribution >= 0.6 is 0 Å². The zero-order valence-corrected chi connectivity index (χ0v) is 23.8. The molecular formula is C30H38N8O3. The van der Waals surface area contributed by atoms with Crippen molar-refractivity contribution in [2.24, 2.45) is 0 Å². The molecule has 2 saturated heterocycles. The number of nitrogens with one attached hydrogen (secondary N) is 1. The minimum Gasteiger partial charge on any atom is -0.465 e. The first-order valence-electron chi connectivity index (χ1n) is 14.7. The number of aromatic amines is 1. The lowest BCUT2D eigenvalue weighted by atomic mass is 9.86. The van der Waals surface area contributed by atoms with Crippen molar-refractivity contribution in [3.05, 3.63) is 40.7 Å². The highest BCUT2D eigenvalue weighted by molar-refractivity contribution is 5.83. The molecule has 3 aliphatic rings. The van der Waals surface area contributed by atoms with Crippen molar-refractivity contribution in [3.63, 3.8) is 0 Å². The van der Waals surface area contributed by atoms with Gasteiger partial charge in [-0.15, -0.1) is 0 Å². The number of H-pyrrole nitrogens is 1. The Balaban J connectivity index is 1.36. The molecule has 11 nitrogen and oxygen atoms in total. The van der Waals surface area contributed by atoms with Gasteiger partial charge in [0.15, 0.2) is 0 Å². The van der Waals surface area contributed by atoms with Gasteiger partial charge < -0.3 is 24.5 Å². The number of carbonyl (C=O) groups is 1. The molecule has 4 heterocycles. The molecule has 2 aliphatic heterocycles. The summed E-state index contributed by atoms with van der Waals surface area (Å²) in [4.78, 5) is 27.7. The summed E-state index contributed by atoms with van der Waals surface area (Å²) in [7, 11) is 2.13. The number of hydrogen-bond acceptors (Lipinski definition) is 8. The Bertz CT molecular complexity index is 1470. The van der Waals surface area contributed by atoms with Crippen LogP contribution in [0, 0.1) is 18.3 Å². The predicted octanol–water partition coefficient (Wildman–Crippen LogP) is 3.88. The molecule has 1 aromatic carbocycles. The molecule has 0 saturated carbocycles. The molecule has 3 aromatic rings. The maximum atomic E-state index is 11.9. The van der Waals surface area contributed by atoms with Crippen LogP contribution in [0.3, 0.4) is 0 Å². The molecule has 2 N–H and O–H groups in total. The Labute approximate surface area is 240 Å². The van der Waals surface area contributed by atoms with Gasteiger partial charge in [0.25, 0.3) is 0 Å². The van der Waals surface area contributed by atoms with Crippen LogP contribution < -0.4 is 9.64 Å². The zero-order chi connectivity index (χ0) is 28.5. The number of piperazine rings is 1. The van der Waals surface area contributed by atoms with Crippen molar-refractivity contribution in [2.75, 3.05) is 44.7 Å². The first-order valence-corrected chi connectivity index (χ1v) is 14.7. The molecule has 2 fully saturated rings. The molecule has 41 heavy (non-hydrogen) atoms. The van der Waals surface area contributed by atoms with Crippen molar-refractivity contribution in [1.29, 1.82) is 5.26 Å². The van der Waals surface area contributed by atoms with Crippen LogP contribution in [-0.2, 0) is 12.8 Å². The number of aryl methyl sites for hydroxylation is 1. The second kappa shape index (κ2) is 11.5. The number of nitriles is 1. The second-order valence-electron chi connectivity index (χ2n) is 11.7. The summed E-state index contributed by atoms with van der Waals surface area (Å²) in [5.41, 5.74) is 5.75. The molecule has 1 unspecified atom stereocenters. The third-order valence-corrected chi connectivity index (χ3v) is 9.19. The summed E-state index contributed by atoms with van der Waals surface area (Å²) < 4.78 is 6.29. The number of amides is 1. The number of likely N-dealkylation sites (N-methyl/N-ethyl adjacent to an activating group) is 1. The first kappa shape index (κ1) is 27.3. The summed E-state index contributed by atoms with van der Waals surface area (Å²) in [6.45, 7) is 5.04. The van der Waals surface area contributed by atoms with E-state index in [1.165, 1.54) is 16.0 Å². The van der Waals surface area contributed by atoms with E-state index in [-0.39, 0.29) is 12.3 Å². The van der Waals surface area contributed by atoms with Gasteiger partial charge in [0.1, 0.15) is 12.4 Å². The molecule has 1 amide bonds. The Morgan fingerprint density at radius 3 is 2.85 bits per heavy atom. The summed E-state index contributed by atoms with van der Waals surface area (Å²) in [5, 5.41) is 27.7. The van der Waals surface area contributed by atoms with Crippen molar-refractivity contribution < 1.29 is 14.6 Å². The molecule has 0 spiro atoms. The van der Waals surface area contributed by atoms with Crippen LogP contribution in [0.1, 0.15) is 60.4 Å². The lowest BCUT2D eigenvalue weighted by Crippen LogP contribution is -2.55. The fourth-order valence-electron chi connectivity index (χ4n) is 6.98. The van der Waals surface area contributed by atoms with E-state index < -0.39 is 12.1 Å². The Morgan fingerprint density at radius 2 is 2.07 bits per heavy atom. The van der Waals surface area contributed by atoms with Crippen molar-refractivity contribution in [1.82, 2.24) is 30.0 Å². The number of aromatic nitrogens is 4. The molecular weight excluding hydrogens is 520 g/mol. The van der Waals surface area contributed by atoms with Crippen LogP contribution in [0.5, 0.6) is 6.01 Å². The molecule has 1 aliphatic carbocycles. The fourth-order valence-corrected chi connectivity index (χ4v) is 6.98. The van der Waals surface area contributed by atoms with Gasteiger partial charge in [-0.2, -0.15) is 20.3 Å². The monoisotopic (exact) mass is 558 g/mol. The van der Waals surface area contributed by atoms with E-state index in [0.29, 0.717) is 38.3 Å². The largest absolute Gasteiger partial charge is 0.465 e. The van der Waals surface area contributed by atoms with Gasteiger partial charge in [-0.3, -0.25) is 5.10 Å². The highest BCUT2D eigenvalue weighted by atomic mass is 16.5. The molecule has 0 radical (unpaired) electrons. The van der Waals surface area contributed by atoms with Gasteiger partial charge in [0.05, 0.1) is 35.9 Å². The summed E-state index contributed by atoms with van der Waals surface area (Å²) in [5.74, 6) is 1.11. The van der Waals surface area contributed by atoms with Crippen LogP contribution in [0.2, 0.25) is 0 Å². The summed E-state index contributed by atoms with van der Waals surface area (Å²) in [6, 6.07) is 6.74. The van der Waals surface area contributed by atoms with E-state index in [9.17, 15) is 15.2 Å². The minimum absolute atomic E-state index is 0.142. The van der Waals surface area contributed by atoms with Gasteiger partial charge >= 0.3 is 12.1 Å². The molecule has 2 aromatic heterocycles. The van der Waals surface area contributed by atoms with Crippen LogP contribution in [0.4, 0.5) is 10.6 Å². The van der Waals surface area contributed by atoms with Gasteiger partial charge in [0.2, 0.25) is 0 Å². The van der Waals surface area contributed by atoms with Crippen LogP contribution in [-0.4, -0.2) is 93.1 Å². The third kappa shape index (κ3) is 5.40. The average Bonchev–Trinajstić information content (AvgIpc) is 3.54. The number of fused-ring (bicyclic) bond motifs is 2. The minimum atomic E-state index is -0.984. The SMILES string of the molecule is Cc1ccc2[nH]ncc2c1C1CCCc2c(nc(OC[C@@H]3CCCN3C)nc2N2CCN(C(=O)O)[C@@H](CC#N)C2)C1. The first-order chi connectivity index (χ1) is 19.9. The van der Waals surface area contributed by atoms with Crippen LogP contribution in [0.15, 0.2) is 18.3 Å². The third-order valence-electron chi connectivity index (χ3n) is 9.19. The second-order valence-corrected chi connectivity index (χ2v) is 11.7. The van der Waals surface area contributed by atoms with E-state index in [2.05, 4.69) is 52.2 Å². The Morgan fingerprint density at radius 1 is 1.20 bits per heavy atom. The number of rotatable bonds is 6. The van der Waals surface area contributed by atoms with E-state index >= 15 is 0 Å². The zero-order valence-electron chi connectivity index (χ0n) is 23.8. The number of nitrogens with zero attached hydrogens (tertiary/aromatic N) is 7. The predicted molar refractivity (Wildman–Crippen MR) is 154 cm³/mol. The lowest BCUT2D eigenvalue weighted by Gasteiger charge is -2.40. The smallest absolute Gasteiger partial charge is 0.407 e. The quantitative estimate of drug-likeness (QED) is 0.432. The fraction of sp³-hybridized carbons (Fsp3) is 0.567. The Hall–Kier alpha value is -3.91. The number of benzene rings is 1. The van der Waals surface area contributed by atoms with E-state index in [0.717, 1.165) is 73.0 Å². The highest BCUT2D eigenvalue weighted by Crippen LogP contribution is 2.39. The summed E-state index contributed by atoms with van der Waals surface area (Å²) >= 11 is 0. The molecule has 216 valence electrons. The number of carboxylic acid groups (broad SMARTS) is 1. The number of ether oxygens (including phenoxy) is 1. The molecule has 6 rings (SSSR count). The normalized spacial score (nSPS) is 23.3. The number of likely N-dealkylation sites (tertiary alicyclic amines) is 1. The van der Waals surface area contributed by atoms with Gasteiger partial charge in [-0.1, -0.05) is 6.07 Å². The van der Waals surface area contributed by atoms with Crippen molar-refractivity contribution >= 4 is 22.8 Å². The van der Waals surface area contributed by atoms with Gasteiger partial charge in [0, 0.05) is 36.6 Å². The lowest BCUT2D eigenvalue weighted by molar-refractivity contribution is 0.119. The van der Waals surface area contributed by atoms with E-state index in [4.69, 9.17) is 14.7 Å². The Kier molecular flexibility index (Phi) is 7.67. The van der Waals surface area contributed by atoms with Crippen LogP contribution in [0.25, 0.3) is 10.9 Å². The molecule has 3 atom stereocenters. The highest BCUT2D eigenvalue weighted by Gasteiger charge is 2.34. The summed E-state index contributed by atoms with van der Waals surface area (Å²) in [6.07, 6.45) is 6.97.